The normalized spacial score (nSPS) is 12.8. The molecule has 0 spiro atoms. The van der Waals surface area contributed by atoms with Gasteiger partial charge in [-0.25, -0.2) is 0 Å². The standard InChI is InChI=1S/C18H25BrN2/c1-4-9-20-18(14(2)3)16-8-10-21(13-16)12-15-6-5-7-17(19)11-15/h5-8,10-11,13-14,18,20H,4,9,12H2,1-3H3. The summed E-state index contributed by atoms with van der Waals surface area (Å²) < 4.78 is 3.40. The van der Waals surface area contributed by atoms with Gasteiger partial charge in [-0.1, -0.05) is 48.8 Å². The second-order valence-corrected chi connectivity index (χ2v) is 6.84. The van der Waals surface area contributed by atoms with Crippen LogP contribution in [0.4, 0.5) is 0 Å². The molecule has 114 valence electrons. The molecule has 0 radical (unpaired) electrons. The summed E-state index contributed by atoms with van der Waals surface area (Å²) in [6.45, 7) is 8.75. The molecule has 21 heavy (non-hydrogen) atoms. The monoisotopic (exact) mass is 348 g/mol. The van der Waals surface area contributed by atoms with E-state index in [9.17, 15) is 0 Å². The first-order chi connectivity index (χ1) is 10.1. The number of nitrogens with one attached hydrogen (secondary N) is 1. The zero-order valence-corrected chi connectivity index (χ0v) is 14.7. The predicted molar refractivity (Wildman–Crippen MR) is 93.5 cm³/mol. The van der Waals surface area contributed by atoms with Crippen LogP contribution < -0.4 is 5.32 Å². The fourth-order valence-electron chi connectivity index (χ4n) is 2.63. The summed E-state index contributed by atoms with van der Waals surface area (Å²) in [5, 5.41) is 3.65. The molecule has 0 aliphatic rings. The van der Waals surface area contributed by atoms with Crippen LogP contribution in [-0.4, -0.2) is 11.1 Å². The highest BCUT2D eigenvalue weighted by Crippen LogP contribution is 2.22. The zero-order chi connectivity index (χ0) is 15.2. The van der Waals surface area contributed by atoms with Gasteiger partial charge in [0.1, 0.15) is 0 Å². The molecule has 0 aliphatic heterocycles. The molecule has 0 aliphatic carbocycles. The summed E-state index contributed by atoms with van der Waals surface area (Å²) in [7, 11) is 0. The number of halogens is 1. The second-order valence-electron chi connectivity index (χ2n) is 5.92. The lowest BCUT2D eigenvalue weighted by atomic mass is 9.98. The molecule has 0 saturated carbocycles. The highest BCUT2D eigenvalue weighted by Gasteiger charge is 2.15. The molecule has 0 saturated heterocycles. The average Bonchev–Trinajstić information content (AvgIpc) is 2.87. The van der Waals surface area contributed by atoms with Crippen molar-refractivity contribution in [3.8, 4) is 0 Å². The van der Waals surface area contributed by atoms with Crippen LogP contribution in [-0.2, 0) is 6.54 Å². The molecule has 1 aromatic carbocycles. The summed E-state index contributed by atoms with van der Waals surface area (Å²) in [6.07, 6.45) is 5.62. The second kappa shape index (κ2) is 7.81. The van der Waals surface area contributed by atoms with Crippen molar-refractivity contribution in [3.05, 3.63) is 58.3 Å². The lowest BCUT2D eigenvalue weighted by molar-refractivity contribution is 0.412. The summed E-state index contributed by atoms with van der Waals surface area (Å²) in [6, 6.07) is 11.2. The van der Waals surface area contributed by atoms with Gasteiger partial charge >= 0.3 is 0 Å². The van der Waals surface area contributed by atoms with Gasteiger partial charge in [0.15, 0.2) is 0 Å². The minimum atomic E-state index is 0.439. The number of rotatable bonds is 7. The number of benzene rings is 1. The Bertz CT molecular complexity index is 560. The summed E-state index contributed by atoms with van der Waals surface area (Å²) in [5.74, 6) is 0.596. The van der Waals surface area contributed by atoms with Crippen molar-refractivity contribution in [2.45, 2.75) is 39.8 Å². The summed E-state index contributed by atoms with van der Waals surface area (Å²) in [5.41, 5.74) is 2.70. The molecular formula is C18H25BrN2. The first-order valence-electron chi connectivity index (χ1n) is 7.73. The zero-order valence-electron chi connectivity index (χ0n) is 13.1. The van der Waals surface area contributed by atoms with Crippen LogP contribution in [0.5, 0.6) is 0 Å². The first-order valence-corrected chi connectivity index (χ1v) is 8.53. The Morgan fingerprint density at radius 1 is 1.24 bits per heavy atom. The van der Waals surface area contributed by atoms with E-state index >= 15 is 0 Å². The van der Waals surface area contributed by atoms with Gasteiger partial charge in [0.05, 0.1) is 0 Å². The maximum absolute atomic E-state index is 3.65. The lowest BCUT2D eigenvalue weighted by Crippen LogP contribution is -2.26. The Morgan fingerprint density at radius 2 is 2.05 bits per heavy atom. The van der Waals surface area contributed by atoms with Crippen LogP contribution in [0.1, 0.15) is 44.4 Å². The number of hydrogen-bond donors (Lipinski definition) is 1. The summed E-state index contributed by atoms with van der Waals surface area (Å²) in [4.78, 5) is 0. The lowest BCUT2D eigenvalue weighted by Gasteiger charge is -2.21. The minimum absolute atomic E-state index is 0.439. The van der Waals surface area contributed by atoms with Crippen molar-refractivity contribution < 1.29 is 0 Å². The molecule has 1 N–H and O–H groups in total. The number of hydrogen-bond acceptors (Lipinski definition) is 1. The van der Waals surface area contributed by atoms with E-state index in [-0.39, 0.29) is 0 Å². The maximum Gasteiger partial charge on any atom is 0.0470 e. The van der Waals surface area contributed by atoms with Crippen LogP contribution >= 0.6 is 15.9 Å². The number of aromatic nitrogens is 1. The van der Waals surface area contributed by atoms with Crippen LogP contribution in [0.25, 0.3) is 0 Å². The number of nitrogens with zero attached hydrogens (tertiary/aromatic N) is 1. The van der Waals surface area contributed by atoms with E-state index in [0.717, 1.165) is 17.6 Å². The molecule has 2 aromatic rings. The highest BCUT2D eigenvalue weighted by atomic mass is 79.9. The third-order valence-electron chi connectivity index (χ3n) is 3.67. The fourth-order valence-corrected chi connectivity index (χ4v) is 3.07. The largest absolute Gasteiger partial charge is 0.350 e. The molecular weight excluding hydrogens is 324 g/mol. The van der Waals surface area contributed by atoms with Crippen LogP contribution in [0.3, 0.4) is 0 Å². The molecule has 0 amide bonds. The van der Waals surface area contributed by atoms with Gasteiger partial charge in [-0.15, -0.1) is 0 Å². The van der Waals surface area contributed by atoms with E-state index in [0.29, 0.717) is 12.0 Å². The van der Waals surface area contributed by atoms with Crippen LogP contribution in [0.15, 0.2) is 47.2 Å². The van der Waals surface area contributed by atoms with Crippen molar-refractivity contribution in [1.82, 2.24) is 9.88 Å². The molecule has 1 atom stereocenters. The Balaban J connectivity index is 2.09. The maximum atomic E-state index is 3.65. The Kier molecular flexibility index (Phi) is 6.07. The van der Waals surface area contributed by atoms with E-state index in [1.807, 2.05) is 0 Å². The van der Waals surface area contributed by atoms with Gasteiger partial charge in [0.2, 0.25) is 0 Å². The fraction of sp³-hybridized carbons (Fsp3) is 0.444. The molecule has 0 fully saturated rings. The van der Waals surface area contributed by atoms with Crippen molar-refractivity contribution in [1.29, 1.82) is 0 Å². The Hall–Kier alpha value is -1.06. The SMILES string of the molecule is CCCNC(c1ccn(Cc2cccc(Br)c2)c1)C(C)C. The van der Waals surface area contributed by atoms with Gasteiger partial charge in [-0.05, 0) is 48.2 Å². The third kappa shape index (κ3) is 4.72. The molecule has 0 bridgehead atoms. The highest BCUT2D eigenvalue weighted by molar-refractivity contribution is 9.10. The molecule has 1 unspecified atom stereocenters. The Labute approximate surface area is 136 Å². The molecule has 3 heteroatoms. The molecule has 1 heterocycles. The van der Waals surface area contributed by atoms with E-state index < -0.39 is 0 Å². The van der Waals surface area contributed by atoms with Gasteiger partial charge in [0.25, 0.3) is 0 Å². The summed E-state index contributed by atoms with van der Waals surface area (Å²) >= 11 is 3.53. The van der Waals surface area contributed by atoms with Crippen LogP contribution in [0.2, 0.25) is 0 Å². The minimum Gasteiger partial charge on any atom is -0.350 e. The predicted octanol–water partition coefficient (Wildman–Crippen LogP) is 5.00. The smallest absolute Gasteiger partial charge is 0.0470 e. The van der Waals surface area contributed by atoms with Gasteiger partial charge in [-0.2, -0.15) is 0 Å². The van der Waals surface area contributed by atoms with E-state index in [4.69, 9.17) is 0 Å². The van der Waals surface area contributed by atoms with E-state index in [2.05, 4.69) is 89.3 Å². The molecule has 1 aromatic heterocycles. The quantitative estimate of drug-likeness (QED) is 0.745. The van der Waals surface area contributed by atoms with Gasteiger partial charge in [-0.3, -0.25) is 0 Å². The third-order valence-corrected chi connectivity index (χ3v) is 4.16. The average molecular weight is 349 g/mol. The van der Waals surface area contributed by atoms with Crippen molar-refractivity contribution >= 4 is 15.9 Å². The topological polar surface area (TPSA) is 17.0 Å². The van der Waals surface area contributed by atoms with Crippen LogP contribution in [0, 0.1) is 5.92 Å². The molecule has 2 nitrogen and oxygen atoms in total. The van der Waals surface area contributed by atoms with Gasteiger partial charge < -0.3 is 9.88 Å². The van der Waals surface area contributed by atoms with Crippen molar-refractivity contribution in [2.75, 3.05) is 6.54 Å². The van der Waals surface area contributed by atoms with E-state index in [1.54, 1.807) is 0 Å². The first kappa shape index (κ1) is 16.3. The van der Waals surface area contributed by atoms with Gasteiger partial charge in [0, 0.05) is 29.5 Å². The molecule has 2 rings (SSSR count). The Morgan fingerprint density at radius 3 is 2.71 bits per heavy atom. The van der Waals surface area contributed by atoms with Crippen molar-refractivity contribution in [3.63, 3.8) is 0 Å². The van der Waals surface area contributed by atoms with Crippen molar-refractivity contribution in [2.24, 2.45) is 5.92 Å². The van der Waals surface area contributed by atoms with E-state index in [1.165, 1.54) is 17.5 Å².